The summed E-state index contributed by atoms with van der Waals surface area (Å²) in [5.74, 6) is -0.00332. The van der Waals surface area contributed by atoms with Crippen LogP contribution in [0.25, 0.3) is 11.0 Å². The van der Waals surface area contributed by atoms with E-state index in [1.54, 1.807) is 39.2 Å². The molecular weight excluding hydrogens is 456 g/mol. The number of rotatable bonds is 6. The molecule has 0 spiro atoms. The third kappa shape index (κ3) is 4.77. The second-order valence-corrected chi connectivity index (χ2v) is 9.80. The molecule has 1 N–H and O–H groups in total. The molecule has 1 aliphatic carbocycles. The molecule has 34 heavy (non-hydrogen) atoms. The molecular formula is C25H27ClN4O4. The molecule has 0 fully saturated rings. The molecule has 0 saturated heterocycles. The van der Waals surface area contributed by atoms with Crippen LogP contribution in [0.4, 0.5) is 4.79 Å². The number of aryl methyl sites for hydroxylation is 1. The first-order valence-corrected chi connectivity index (χ1v) is 11.4. The molecule has 2 heterocycles. The Labute approximate surface area is 202 Å². The Morgan fingerprint density at radius 3 is 2.71 bits per heavy atom. The van der Waals surface area contributed by atoms with E-state index in [1.807, 2.05) is 25.3 Å². The largest absolute Gasteiger partial charge is 0.486 e. The number of hydrogen-bond donors (Lipinski definition) is 1. The van der Waals surface area contributed by atoms with Crippen LogP contribution in [0.5, 0.6) is 5.75 Å². The van der Waals surface area contributed by atoms with E-state index in [2.05, 4.69) is 20.6 Å². The maximum atomic E-state index is 13.1. The lowest BCUT2D eigenvalue weighted by molar-refractivity contribution is 0.0762. The zero-order chi connectivity index (χ0) is 24.6. The fourth-order valence-corrected chi connectivity index (χ4v) is 4.28. The molecule has 0 bridgehead atoms. The van der Waals surface area contributed by atoms with Gasteiger partial charge in [0.2, 0.25) is 0 Å². The molecule has 1 amide bonds. The van der Waals surface area contributed by atoms with E-state index < -0.39 is 11.6 Å². The number of aromatic nitrogens is 3. The third-order valence-electron chi connectivity index (χ3n) is 5.95. The monoisotopic (exact) mass is 482 g/mol. The number of ketones is 1. The Hall–Kier alpha value is -3.39. The van der Waals surface area contributed by atoms with Crippen molar-refractivity contribution in [2.45, 2.75) is 51.8 Å². The van der Waals surface area contributed by atoms with Gasteiger partial charge in [-0.3, -0.25) is 9.69 Å². The van der Waals surface area contributed by atoms with Crippen molar-refractivity contribution in [3.63, 3.8) is 0 Å². The van der Waals surface area contributed by atoms with E-state index in [0.717, 1.165) is 21.6 Å². The van der Waals surface area contributed by atoms with E-state index in [-0.39, 0.29) is 30.0 Å². The van der Waals surface area contributed by atoms with E-state index >= 15 is 0 Å². The summed E-state index contributed by atoms with van der Waals surface area (Å²) in [6.07, 6.45) is 6.81. The van der Waals surface area contributed by atoms with E-state index in [1.165, 1.54) is 6.07 Å². The van der Waals surface area contributed by atoms with Gasteiger partial charge < -0.3 is 14.4 Å². The summed E-state index contributed by atoms with van der Waals surface area (Å²) < 4.78 is 8.29. The smallest absolute Gasteiger partial charge is 0.408 e. The third-order valence-corrected chi connectivity index (χ3v) is 6.19. The summed E-state index contributed by atoms with van der Waals surface area (Å²) in [5, 5.41) is 11.0. The van der Waals surface area contributed by atoms with Crippen LogP contribution < -0.4 is 4.74 Å². The number of amides is 1. The predicted molar refractivity (Wildman–Crippen MR) is 130 cm³/mol. The Kier molecular flexibility index (Phi) is 6.36. The number of ether oxygens (including phenoxy) is 1. The van der Waals surface area contributed by atoms with Gasteiger partial charge >= 0.3 is 6.09 Å². The van der Waals surface area contributed by atoms with Gasteiger partial charge in [-0.2, -0.15) is 0 Å². The molecule has 3 aromatic rings. The van der Waals surface area contributed by atoms with Crippen LogP contribution in [-0.4, -0.2) is 54.6 Å². The number of carboxylic acid groups (broad SMARTS) is 1. The highest BCUT2D eigenvalue weighted by Gasteiger charge is 2.30. The zero-order valence-corrected chi connectivity index (χ0v) is 20.3. The van der Waals surface area contributed by atoms with Crippen molar-refractivity contribution in [3.05, 3.63) is 65.2 Å². The summed E-state index contributed by atoms with van der Waals surface area (Å²) in [4.78, 5) is 34.6. The minimum Gasteiger partial charge on any atom is -0.486 e. The molecule has 2 atom stereocenters. The maximum Gasteiger partial charge on any atom is 0.408 e. The Bertz CT molecular complexity index is 1280. The second-order valence-electron chi connectivity index (χ2n) is 9.37. The van der Waals surface area contributed by atoms with Gasteiger partial charge in [0.1, 0.15) is 23.8 Å². The minimum atomic E-state index is -1.16. The number of hydrogen-bond acceptors (Lipinski definition) is 5. The van der Waals surface area contributed by atoms with E-state index in [4.69, 9.17) is 16.3 Å². The van der Waals surface area contributed by atoms with Gasteiger partial charge in [0.25, 0.3) is 0 Å². The highest BCUT2D eigenvalue weighted by atomic mass is 35.5. The number of carbonyl (C=O) groups is 2. The van der Waals surface area contributed by atoms with Gasteiger partial charge in [-0.05, 0) is 58.0 Å². The number of nitrogens with zero attached hydrogens (tertiary/aromatic N) is 4. The van der Waals surface area contributed by atoms with Gasteiger partial charge in [0.15, 0.2) is 5.78 Å². The van der Waals surface area contributed by atoms with Crippen LogP contribution in [0.1, 0.15) is 49.3 Å². The van der Waals surface area contributed by atoms with Crippen LogP contribution in [0.2, 0.25) is 5.02 Å². The highest BCUT2D eigenvalue weighted by Crippen LogP contribution is 2.32. The quantitative estimate of drug-likeness (QED) is 0.378. The van der Waals surface area contributed by atoms with Gasteiger partial charge in [0, 0.05) is 28.6 Å². The standard InChI is InChI=1S/C25H27ClN4O4/c1-15-19-9-10-29(23(19)28-14-27-15)17-6-7-18(12-17)34-22-8-5-16(26)11-20(22)21(31)13-30(24(32)33)25(2,3)4/h5-11,14,17-18H,12-13H2,1-4H3,(H,32,33)/t17-,18+/m0/s1. The summed E-state index contributed by atoms with van der Waals surface area (Å²) in [6, 6.07) is 6.89. The molecule has 0 aliphatic heterocycles. The van der Waals surface area contributed by atoms with Gasteiger partial charge in [-0.15, -0.1) is 0 Å². The Morgan fingerprint density at radius 2 is 2.00 bits per heavy atom. The first-order valence-electron chi connectivity index (χ1n) is 11.0. The summed E-state index contributed by atoms with van der Waals surface area (Å²) >= 11 is 6.16. The van der Waals surface area contributed by atoms with Crippen LogP contribution in [-0.2, 0) is 0 Å². The lowest BCUT2D eigenvalue weighted by Crippen LogP contribution is -2.47. The summed E-state index contributed by atoms with van der Waals surface area (Å²) in [6.45, 7) is 6.88. The second kappa shape index (κ2) is 9.10. The van der Waals surface area contributed by atoms with Crippen molar-refractivity contribution < 1.29 is 19.4 Å². The van der Waals surface area contributed by atoms with Crippen molar-refractivity contribution in [3.8, 4) is 5.75 Å². The number of benzene rings is 1. The number of carbonyl (C=O) groups excluding carboxylic acids is 1. The van der Waals surface area contributed by atoms with Crippen molar-refractivity contribution in [1.82, 2.24) is 19.4 Å². The summed E-state index contributed by atoms with van der Waals surface area (Å²) in [7, 11) is 0. The highest BCUT2D eigenvalue weighted by molar-refractivity contribution is 6.31. The topological polar surface area (TPSA) is 97.5 Å². The molecule has 4 rings (SSSR count). The average molecular weight is 483 g/mol. The molecule has 9 heteroatoms. The van der Waals surface area contributed by atoms with E-state index in [0.29, 0.717) is 17.2 Å². The van der Waals surface area contributed by atoms with Crippen LogP contribution in [0.3, 0.4) is 0 Å². The average Bonchev–Trinajstić information content (AvgIpc) is 3.39. The molecule has 1 aliphatic rings. The van der Waals surface area contributed by atoms with Crippen molar-refractivity contribution >= 4 is 34.5 Å². The molecule has 1 aromatic carbocycles. The fraction of sp³-hybridized carbons (Fsp3) is 0.360. The number of fused-ring (bicyclic) bond motifs is 1. The maximum absolute atomic E-state index is 13.1. The normalized spacial score (nSPS) is 17.8. The molecule has 8 nitrogen and oxygen atoms in total. The van der Waals surface area contributed by atoms with Crippen LogP contribution in [0.15, 0.2) is 48.9 Å². The van der Waals surface area contributed by atoms with Crippen molar-refractivity contribution in [2.75, 3.05) is 6.54 Å². The lowest BCUT2D eigenvalue weighted by Gasteiger charge is -2.32. The minimum absolute atomic E-state index is 0.0478. The lowest BCUT2D eigenvalue weighted by atomic mass is 10.0. The predicted octanol–water partition coefficient (Wildman–Crippen LogP) is 5.30. The van der Waals surface area contributed by atoms with Crippen LogP contribution >= 0.6 is 11.6 Å². The molecule has 0 saturated carbocycles. The number of Topliss-reactive ketones (excluding diaryl/α,β-unsaturated/α-hetero) is 1. The molecule has 0 radical (unpaired) electrons. The zero-order valence-electron chi connectivity index (χ0n) is 19.5. The van der Waals surface area contributed by atoms with Crippen molar-refractivity contribution in [1.29, 1.82) is 0 Å². The number of allylic oxidation sites excluding steroid dienone is 1. The molecule has 0 unspecified atom stereocenters. The first kappa shape index (κ1) is 23.8. The fourth-order valence-electron chi connectivity index (χ4n) is 4.11. The Balaban J connectivity index is 1.53. The van der Waals surface area contributed by atoms with E-state index in [9.17, 15) is 14.7 Å². The van der Waals surface area contributed by atoms with Gasteiger partial charge in [0.05, 0.1) is 23.8 Å². The SMILES string of the molecule is Cc1ncnc2c1ccn2[C@H]1C=C[C@@H](Oc2ccc(Cl)cc2C(=O)CN(C(=O)O)C(C)(C)C)C1. The van der Waals surface area contributed by atoms with Crippen molar-refractivity contribution in [2.24, 2.45) is 0 Å². The van der Waals surface area contributed by atoms with Gasteiger partial charge in [-0.1, -0.05) is 17.7 Å². The van der Waals surface area contributed by atoms with Crippen LogP contribution in [0, 0.1) is 6.92 Å². The molecule has 2 aromatic heterocycles. The Morgan fingerprint density at radius 1 is 1.24 bits per heavy atom. The molecule has 178 valence electrons. The summed E-state index contributed by atoms with van der Waals surface area (Å²) in [5.41, 5.74) is 1.31. The first-order chi connectivity index (χ1) is 16.0. The van der Waals surface area contributed by atoms with Gasteiger partial charge in [-0.25, -0.2) is 14.8 Å². The number of halogens is 1.